The van der Waals surface area contributed by atoms with Crippen molar-refractivity contribution in [3.05, 3.63) is 40.8 Å². The Bertz CT molecular complexity index is 589. The first kappa shape index (κ1) is 14.2. The zero-order valence-electron chi connectivity index (χ0n) is 12.5. The molecule has 2 N–H and O–H groups in total. The van der Waals surface area contributed by atoms with Crippen LogP contribution in [0.1, 0.15) is 29.4 Å². The zero-order valence-corrected chi connectivity index (χ0v) is 12.5. The van der Waals surface area contributed by atoms with Crippen molar-refractivity contribution in [3.8, 4) is 0 Å². The van der Waals surface area contributed by atoms with E-state index < -0.39 is 0 Å². The van der Waals surface area contributed by atoms with Gasteiger partial charge in [0, 0.05) is 24.5 Å². The molecule has 20 heavy (non-hydrogen) atoms. The Morgan fingerprint density at radius 2 is 1.95 bits per heavy atom. The number of hydrogen-bond acceptors (Lipinski definition) is 5. The molecular formula is C15H21N5. The Balaban J connectivity index is 2.27. The van der Waals surface area contributed by atoms with Crippen molar-refractivity contribution in [2.45, 2.75) is 33.7 Å². The molecule has 0 aliphatic carbocycles. The Morgan fingerprint density at radius 1 is 1.20 bits per heavy atom. The fraction of sp³-hybridized carbons (Fsp3) is 0.400. The number of aryl methyl sites for hydroxylation is 3. The molecule has 2 heterocycles. The van der Waals surface area contributed by atoms with Crippen LogP contribution in [0.2, 0.25) is 0 Å². The number of anilines is 2. The highest BCUT2D eigenvalue weighted by Crippen LogP contribution is 2.19. The molecule has 0 bridgehead atoms. The maximum absolute atomic E-state index is 5.70. The van der Waals surface area contributed by atoms with Gasteiger partial charge in [0.05, 0.1) is 12.2 Å². The van der Waals surface area contributed by atoms with E-state index in [-0.39, 0.29) is 0 Å². The molecule has 0 aliphatic rings. The highest BCUT2D eigenvalue weighted by molar-refractivity contribution is 5.48. The van der Waals surface area contributed by atoms with E-state index in [0.717, 1.165) is 29.2 Å². The number of nitrogens with two attached hydrogens (primary N) is 1. The molecule has 0 radical (unpaired) electrons. The largest absolute Gasteiger partial charge is 0.368 e. The molecule has 0 saturated heterocycles. The van der Waals surface area contributed by atoms with Gasteiger partial charge in [0.15, 0.2) is 0 Å². The molecule has 2 aromatic heterocycles. The molecule has 106 valence electrons. The first-order valence-corrected chi connectivity index (χ1v) is 6.76. The van der Waals surface area contributed by atoms with Crippen LogP contribution in [0.25, 0.3) is 0 Å². The molecule has 0 fully saturated rings. The minimum atomic E-state index is 0.303. The van der Waals surface area contributed by atoms with E-state index in [0.29, 0.717) is 12.5 Å². The number of hydrogen-bond donors (Lipinski definition) is 1. The van der Waals surface area contributed by atoms with Gasteiger partial charge in [0.2, 0.25) is 5.95 Å². The molecule has 0 spiro atoms. The van der Waals surface area contributed by atoms with Crippen molar-refractivity contribution in [2.24, 2.45) is 0 Å². The summed E-state index contributed by atoms with van der Waals surface area (Å²) in [4.78, 5) is 15.0. The fourth-order valence-corrected chi connectivity index (χ4v) is 2.31. The Morgan fingerprint density at radius 3 is 2.60 bits per heavy atom. The van der Waals surface area contributed by atoms with Crippen molar-refractivity contribution in [3.63, 3.8) is 0 Å². The molecule has 5 heteroatoms. The zero-order chi connectivity index (χ0) is 14.7. The number of nitrogens with zero attached hydrogens (tertiary/aromatic N) is 4. The summed E-state index contributed by atoms with van der Waals surface area (Å²) in [6.45, 7) is 6.88. The van der Waals surface area contributed by atoms with Crippen molar-refractivity contribution >= 4 is 11.8 Å². The highest BCUT2D eigenvalue weighted by atomic mass is 15.2. The maximum atomic E-state index is 5.70. The van der Waals surface area contributed by atoms with Crippen molar-refractivity contribution in [1.29, 1.82) is 0 Å². The molecule has 5 nitrogen and oxygen atoms in total. The lowest BCUT2D eigenvalue weighted by Crippen LogP contribution is -2.21. The number of nitrogen functional groups attached to an aromatic ring is 1. The quantitative estimate of drug-likeness (QED) is 0.924. The van der Waals surface area contributed by atoms with E-state index in [1.54, 1.807) is 6.20 Å². The maximum Gasteiger partial charge on any atom is 0.221 e. The van der Waals surface area contributed by atoms with Crippen LogP contribution in [0.5, 0.6) is 0 Å². The highest BCUT2D eigenvalue weighted by Gasteiger charge is 2.11. The van der Waals surface area contributed by atoms with Crippen LogP contribution < -0.4 is 10.6 Å². The third-order valence-electron chi connectivity index (χ3n) is 3.15. The van der Waals surface area contributed by atoms with Crippen LogP contribution in [0.3, 0.4) is 0 Å². The second kappa shape index (κ2) is 5.86. The molecule has 0 aliphatic heterocycles. The standard InChI is InChI=1S/C15H21N5/c1-5-12-8-17-15(16)19-14(12)20(4)9-13-7-10(2)6-11(3)18-13/h6-8H,5,9H2,1-4H3,(H2,16,17,19). The third kappa shape index (κ3) is 3.23. The number of rotatable bonds is 4. The Labute approximate surface area is 119 Å². The lowest BCUT2D eigenvalue weighted by Gasteiger charge is -2.21. The van der Waals surface area contributed by atoms with Gasteiger partial charge in [-0.2, -0.15) is 4.98 Å². The minimum absolute atomic E-state index is 0.303. The smallest absolute Gasteiger partial charge is 0.221 e. The monoisotopic (exact) mass is 271 g/mol. The summed E-state index contributed by atoms with van der Waals surface area (Å²) < 4.78 is 0. The van der Waals surface area contributed by atoms with E-state index in [2.05, 4.69) is 45.8 Å². The Kier molecular flexibility index (Phi) is 4.17. The predicted octanol–water partition coefficient (Wildman–Crippen LogP) is 2.27. The summed E-state index contributed by atoms with van der Waals surface area (Å²) >= 11 is 0. The fourth-order valence-electron chi connectivity index (χ4n) is 2.31. The molecule has 2 aromatic rings. The first-order valence-electron chi connectivity index (χ1n) is 6.76. The summed E-state index contributed by atoms with van der Waals surface area (Å²) in [6, 6.07) is 4.17. The van der Waals surface area contributed by atoms with E-state index in [1.807, 2.05) is 14.0 Å². The lowest BCUT2D eigenvalue weighted by atomic mass is 10.2. The summed E-state index contributed by atoms with van der Waals surface area (Å²) in [5.74, 6) is 1.18. The van der Waals surface area contributed by atoms with Crippen LogP contribution in [0, 0.1) is 13.8 Å². The summed E-state index contributed by atoms with van der Waals surface area (Å²) in [5.41, 5.74) is 10.1. The molecule has 0 atom stereocenters. The molecule has 0 saturated carbocycles. The normalized spacial score (nSPS) is 10.6. The molecule has 2 rings (SSSR count). The van der Waals surface area contributed by atoms with Crippen LogP contribution in [0.4, 0.5) is 11.8 Å². The Hall–Kier alpha value is -2.17. The molecular weight excluding hydrogens is 250 g/mol. The van der Waals surface area contributed by atoms with Gasteiger partial charge in [0.25, 0.3) is 0 Å². The minimum Gasteiger partial charge on any atom is -0.368 e. The molecule has 0 unspecified atom stereocenters. The SMILES string of the molecule is CCc1cnc(N)nc1N(C)Cc1cc(C)cc(C)n1. The van der Waals surface area contributed by atoms with Crippen LogP contribution in [-0.4, -0.2) is 22.0 Å². The van der Waals surface area contributed by atoms with E-state index >= 15 is 0 Å². The van der Waals surface area contributed by atoms with Crippen molar-refractivity contribution in [1.82, 2.24) is 15.0 Å². The van der Waals surface area contributed by atoms with Gasteiger partial charge in [-0.25, -0.2) is 4.98 Å². The molecule has 0 amide bonds. The number of aromatic nitrogens is 3. The van der Waals surface area contributed by atoms with Crippen molar-refractivity contribution < 1.29 is 0 Å². The second-order valence-corrected chi connectivity index (χ2v) is 5.06. The lowest BCUT2D eigenvalue weighted by molar-refractivity contribution is 0.841. The predicted molar refractivity (Wildman–Crippen MR) is 81.6 cm³/mol. The second-order valence-electron chi connectivity index (χ2n) is 5.06. The van der Waals surface area contributed by atoms with Crippen LogP contribution in [-0.2, 0) is 13.0 Å². The summed E-state index contributed by atoms with van der Waals surface area (Å²) in [5, 5.41) is 0. The van der Waals surface area contributed by atoms with Gasteiger partial charge in [-0.1, -0.05) is 6.92 Å². The van der Waals surface area contributed by atoms with E-state index in [9.17, 15) is 0 Å². The summed E-state index contributed by atoms with van der Waals surface area (Å²) in [6.07, 6.45) is 2.67. The van der Waals surface area contributed by atoms with Crippen molar-refractivity contribution in [2.75, 3.05) is 17.7 Å². The van der Waals surface area contributed by atoms with E-state index in [1.165, 1.54) is 5.56 Å². The first-order chi connectivity index (χ1) is 9.49. The average molecular weight is 271 g/mol. The van der Waals surface area contributed by atoms with Gasteiger partial charge >= 0.3 is 0 Å². The van der Waals surface area contributed by atoms with E-state index in [4.69, 9.17) is 5.73 Å². The summed E-state index contributed by atoms with van der Waals surface area (Å²) in [7, 11) is 2.00. The number of pyridine rings is 1. The molecule has 0 aromatic carbocycles. The van der Waals surface area contributed by atoms with Crippen LogP contribution in [0.15, 0.2) is 18.3 Å². The topological polar surface area (TPSA) is 67.9 Å². The average Bonchev–Trinajstić information content (AvgIpc) is 2.37. The van der Waals surface area contributed by atoms with Gasteiger partial charge in [-0.15, -0.1) is 0 Å². The van der Waals surface area contributed by atoms with Gasteiger partial charge in [-0.05, 0) is 38.0 Å². The third-order valence-corrected chi connectivity index (χ3v) is 3.15. The van der Waals surface area contributed by atoms with Crippen LogP contribution >= 0.6 is 0 Å². The van der Waals surface area contributed by atoms with Gasteiger partial charge in [-0.3, -0.25) is 4.98 Å². The van der Waals surface area contributed by atoms with Gasteiger partial charge < -0.3 is 10.6 Å². The van der Waals surface area contributed by atoms with Gasteiger partial charge in [0.1, 0.15) is 5.82 Å².